The minimum absolute atomic E-state index is 0. The summed E-state index contributed by atoms with van der Waals surface area (Å²) in [5.41, 5.74) is 0.997. The molecule has 0 N–H and O–H groups in total. The van der Waals surface area contributed by atoms with Crippen molar-refractivity contribution in [3.8, 4) is 0 Å². The molecule has 0 heterocycles. The quantitative estimate of drug-likeness (QED) is 0.366. The van der Waals surface area contributed by atoms with Crippen molar-refractivity contribution in [3.05, 3.63) is 22.7 Å². The van der Waals surface area contributed by atoms with Crippen LogP contribution in [0.2, 0.25) is 0 Å². The van der Waals surface area contributed by atoms with E-state index in [4.69, 9.17) is 0 Å². The Balaban J connectivity index is 0. The van der Waals surface area contributed by atoms with Crippen molar-refractivity contribution in [2.45, 2.75) is 6.92 Å². The molecule has 0 rings (SSSR count). The van der Waals surface area contributed by atoms with E-state index in [9.17, 15) is 5.11 Å². The Morgan fingerprint density at radius 3 is 2.56 bits per heavy atom. The van der Waals surface area contributed by atoms with Gasteiger partial charge in [0.25, 0.3) is 0 Å². The normalized spacial score (nSPS) is 11.7. The molecule has 0 radical (unpaired) electrons. The van der Waals surface area contributed by atoms with Crippen molar-refractivity contribution in [1.82, 2.24) is 0 Å². The molecule has 0 saturated carbocycles. The van der Waals surface area contributed by atoms with Crippen LogP contribution >= 0.6 is 15.9 Å². The maximum atomic E-state index is 9.89. The van der Waals surface area contributed by atoms with E-state index in [1.165, 1.54) is 0 Å². The van der Waals surface area contributed by atoms with Gasteiger partial charge in [0.15, 0.2) is 0 Å². The van der Waals surface area contributed by atoms with Crippen LogP contribution in [0, 0.1) is 0 Å². The van der Waals surface area contributed by atoms with Crippen LogP contribution in [0.1, 0.15) is 6.92 Å². The fourth-order valence-corrected chi connectivity index (χ4v) is 0.716. The molecule has 0 aromatic heterocycles. The Bertz CT molecular complexity index is 110. The summed E-state index contributed by atoms with van der Waals surface area (Å²) in [4.78, 5) is 1.73. The van der Waals surface area contributed by atoms with Crippen molar-refractivity contribution in [2.75, 3.05) is 6.61 Å². The van der Waals surface area contributed by atoms with Gasteiger partial charge < -0.3 is 5.11 Å². The number of hydrogen-bond donors (Lipinski definition) is 0. The Morgan fingerprint density at radius 2 is 2.22 bits per heavy atom. The van der Waals surface area contributed by atoms with Crippen LogP contribution in [-0.2, 0) is 0 Å². The molecule has 0 saturated heterocycles. The van der Waals surface area contributed by atoms with E-state index < -0.39 is 0 Å². The fourth-order valence-electron chi connectivity index (χ4n) is 0.299. The van der Waals surface area contributed by atoms with Crippen molar-refractivity contribution >= 4 is 15.9 Å². The second kappa shape index (κ2) is 8.52. The van der Waals surface area contributed by atoms with Crippen LogP contribution in [0.5, 0.6) is 0 Å². The number of hydrogen-bond acceptors (Lipinski definition) is 1. The molecule has 46 valence electrons. The van der Waals surface area contributed by atoms with E-state index in [2.05, 4.69) is 15.9 Å². The van der Waals surface area contributed by atoms with E-state index in [0.717, 1.165) is 5.57 Å². The molecule has 0 aliphatic carbocycles. The molecule has 0 spiro atoms. The van der Waals surface area contributed by atoms with E-state index in [0.29, 0.717) is 0 Å². The molecule has 0 amide bonds. The van der Waals surface area contributed by atoms with E-state index in [-0.39, 0.29) is 25.5 Å². The molecule has 0 fully saturated rings. The van der Waals surface area contributed by atoms with Gasteiger partial charge in [0.05, 0.1) is 0 Å². The van der Waals surface area contributed by atoms with E-state index in [1.54, 1.807) is 11.1 Å². The second-order valence-corrected chi connectivity index (χ2v) is 1.94. The molecular weight excluding hydrogens is 175 g/mol. The molecular formula is C6H8BrLiO. The van der Waals surface area contributed by atoms with Gasteiger partial charge in [0, 0.05) is 0 Å². The summed E-state index contributed by atoms with van der Waals surface area (Å²) in [6.07, 6.45) is 3.45. The van der Waals surface area contributed by atoms with Gasteiger partial charge in [-0.1, -0.05) is 33.7 Å². The van der Waals surface area contributed by atoms with Gasteiger partial charge in [-0.05, 0) is 11.9 Å². The molecule has 0 bridgehead atoms. The van der Waals surface area contributed by atoms with Gasteiger partial charge >= 0.3 is 18.9 Å². The SMILES string of the molecule is CC(C=CBr)=CC[O-].[Li+]. The largest absolute Gasteiger partial charge is 1.00 e. The molecule has 0 aliphatic heterocycles. The van der Waals surface area contributed by atoms with Crippen LogP contribution in [0.4, 0.5) is 0 Å². The van der Waals surface area contributed by atoms with Gasteiger partial charge in [-0.3, -0.25) is 0 Å². The third kappa shape index (κ3) is 8.52. The summed E-state index contributed by atoms with van der Waals surface area (Å²) in [5, 5.41) is 9.89. The van der Waals surface area contributed by atoms with Crippen LogP contribution in [0.15, 0.2) is 22.7 Å². The molecule has 0 aliphatic rings. The monoisotopic (exact) mass is 182 g/mol. The summed E-state index contributed by atoms with van der Waals surface area (Å²) in [6.45, 7) is 1.75. The average Bonchev–Trinajstić information content (AvgIpc) is 1.68. The van der Waals surface area contributed by atoms with E-state index >= 15 is 0 Å². The summed E-state index contributed by atoms with van der Waals surface area (Å²) in [5.74, 6) is 0. The average molecular weight is 183 g/mol. The standard InChI is InChI=1S/C6H8BrO.Li/c1-6(2-4-7)3-5-8;/h2-4H,5H2,1H3;/q-1;+1. The molecule has 0 aromatic rings. The molecule has 0 unspecified atom stereocenters. The van der Waals surface area contributed by atoms with Crippen molar-refractivity contribution in [3.63, 3.8) is 0 Å². The summed E-state index contributed by atoms with van der Waals surface area (Å²) in [6, 6.07) is 0. The minimum Gasteiger partial charge on any atom is -0.851 e. The zero-order valence-electron chi connectivity index (χ0n) is 5.73. The zero-order valence-corrected chi connectivity index (χ0v) is 7.31. The van der Waals surface area contributed by atoms with Crippen molar-refractivity contribution in [2.24, 2.45) is 0 Å². The van der Waals surface area contributed by atoms with Gasteiger partial charge in [0.1, 0.15) is 0 Å². The Hall–Kier alpha value is 0.517. The molecule has 0 aromatic carbocycles. The van der Waals surface area contributed by atoms with Crippen molar-refractivity contribution in [1.29, 1.82) is 0 Å². The van der Waals surface area contributed by atoms with Gasteiger partial charge in [0.2, 0.25) is 0 Å². The number of halogens is 1. The first-order valence-corrected chi connectivity index (χ1v) is 3.24. The van der Waals surface area contributed by atoms with Gasteiger partial charge in [-0.15, -0.1) is 6.61 Å². The van der Waals surface area contributed by atoms with Crippen LogP contribution in [0.3, 0.4) is 0 Å². The zero-order chi connectivity index (χ0) is 6.41. The second-order valence-electron chi connectivity index (χ2n) is 1.41. The Morgan fingerprint density at radius 1 is 1.67 bits per heavy atom. The maximum absolute atomic E-state index is 9.89. The van der Waals surface area contributed by atoms with E-state index in [1.807, 2.05) is 13.0 Å². The topological polar surface area (TPSA) is 23.1 Å². The third-order valence-electron chi connectivity index (χ3n) is 0.731. The maximum Gasteiger partial charge on any atom is 1.00 e. The first-order chi connectivity index (χ1) is 3.81. The molecule has 1 nitrogen and oxygen atoms in total. The molecule has 0 atom stereocenters. The first-order valence-electron chi connectivity index (χ1n) is 2.33. The van der Waals surface area contributed by atoms with Gasteiger partial charge in [-0.2, -0.15) is 0 Å². The van der Waals surface area contributed by atoms with Crippen LogP contribution < -0.4 is 24.0 Å². The summed E-state index contributed by atoms with van der Waals surface area (Å²) >= 11 is 3.10. The number of allylic oxidation sites excluding steroid dienone is 2. The minimum atomic E-state index is -0.136. The Labute approximate surface area is 76.1 Å². The predicted octanol–water partition coefficient (Wildman–Crippen LogP) is -1.79. The van der Waals surface area contributed by atoms with Gasteiger partial charge in [-0.25, -0.2) is 0 Å². The van der Waals surface area contributed by atoms with Crippen molar-refractivity contribution < 1.29 is 24.0 Å². The van der Waals surface area contributed by atoms with Crippen LogP contribution in [0.25, 0.3) is 0 Å². The summed E-state index contributed by atoms with van der Waals surface area (Å²) < 4.78 is 0. The smallest absolute Gasteiger partial charge is 0.851 e. The predicted molar refractivity (Wildman–Crippen MR) is 36.7 cm³/mol. The molecule has 9 heavy (non-hydrogen) atoms. The van der Waals surface area contributed by atoms with Crippen LogP contribution in [-0.4, -0.2) is 6.61 Å². The third-order valence-corrected chi connectivity index (χ3v) is 0.996. The molecule has 3 heteroatoms. The number of rotatable bonds is 2. The fraction of sp³-hybridized carbons (Fsp3) is 0.333. The summed E-state index contributed by atoms with van der Waals surface area (Å²) in [7, 11) is 0. The first kappa shape index (κ1) is 12.2. The Kier molecular flexibility index (Phi) is 11.6.